The molecule has 3 N–H and O–H groups in total. The Balaban J connectivity index is 1.83. The summed E-state index contributed by atoms with van der Waals surface area (Å²) >= 11 is 0. The zero-order chi connectivity index (χ0) is 23.0. The van der Waals surface area contributed by atoms with Crippen LogP contribution in [-0.2, 0) is 17.9 Å². The van der Waals surface area contributed by atoms with Crippen molar-refractivity contribution in [1.82, 2.24) is 14.5 Å². The molecule has 0 bridgehead atoms. The molecule has 0 atom stereocenters. The maximum Gasteiger partial charge on any atom is 0.237 e. The SMILES string of the molecule is Cc1cc(Nc2c(-c3ccc(F)cc3)nc3n2CC(C)(C)N(C(=O)CN)C3)ccc1C#N. The van der Waals surface area contributed by atoms with E-state index >= 15 is 0 Å². The van der Waals surface area contributed by atoms with Crippen molar-refractivity contribution in [2.24, 2.45) is 5.73 Å². The normalized spacial score (nSPS) is 14.6. The van der Waals surface area contributed by atoms with Crippen LogP contribution in [0.4, 0.5) is 15.9 Å². The third-order valence-corrected chi connectivity index (χ3v) is 5.82. The molecule has 1 amide bonds. The fourth-order valence-electron chi connectivity index (χ4n) is 4.09. The monoisotopic (exact) mass is 432 g/mol. The molecule has 2 heterocycles. The van der Waals surface area contributed by atoms with Gasteiger partial charge in [-0.15, -0.1) is 0 Å². The van der Waals surface area contributed by atoms with Crippen LogP contribution in [0, 0.1) is 24.1 Å². The Morgan fingerprint density at radius 3 is 2.62 bits per heavy atom. The summed E-state index contributed by atoms with van der Waals surface area (Å²) in [6.45, 7) is 6.65. The van der Waals surface area contributed by atoms with Crippen LogP contribution in [0.1, 0.15) is 30.8 Å². The largest absolute Gasteiger partial charge is 0.340 e. The number of benzene rings is 2. The first-order valence-corrected chi connectivity index (χ1v) is 10.4. The van der Waals surface area contributed by atoms with Crippen LogP contribution < -0.4 is 11.1 Å². The first kappa shape index (κ1) is 21.5. The minimum atomic E-state index is -0.471. The number of aryl methyl sites for hydroxylation is 1. The third-order valence-electron chi connectivity index (χ3n) is 5.82. The van der Waals surface area contributed by atoms with Gasteiger partial charge in [0.15, 0.2) is 0 Å². The predicted molar refractivity (Wildman–Crippen MR) is 120 cm³/mol. The van der Waals surface area contributed by atoms with Crippen molar-refractivity contribution in [2.45, 2.75) is 39.4 Å². The number of imidazole rings is 1. The first-order valence-electron chi connectivity index (χ1n) is 10.4. The standard InChI is InChI=1S/C24H25FN6O/c1-15-10-19(9-6-17(15)11-26)28-23-22(16-4-7-18(25)8-5-16)29-20-13-31(21(32)12-27)24(2,3)14-30(20)23/h4-10,28H,12-14,27H2,1-3H3. The number of carbonyl (C=O) groups excluding carboxylic acids is 1. The Morgan fingerprint density at radius 2 is 2.00 bits per heavy atom. The highest BCUT2D eigenvalue weighted by Crippen LogP contribution is 2.37. The van der Waals surface area contributed by atoms with Gasteiger partial charge in [0, 0.05) is 17.8 Å². The summed E-state index contributed by atoms with van der Waals surface area (Å²) in [7, 11) is 0. The molecular formula is C24H25FN6O. The molecule has 7 nitrogen and oxygen atoms in total. The number of hydrogen-bond acceptors (Lipinski definition) is 5. The average molecular weight is 433 g/mol. The zero-order valence-electron chi connectivity index (χ0n) is 18.3. The number of nitriles is 1. The maximum atomic E-state index is 13.5. The predicted octanol–water partition coefficient (Wildman–Crippen LogP) is 3.69. The molecule has 4 rings (SSSR count). The summed E-state index contributed by atoms with van der Waals surface area (Å²) in [5.74, 6) is 1.02. The fourth-order valence-corrected chi connectivity index (χ4v) is 4.09. The van der Waals surface area contributed by atoms with Crippen LogP contribution >= 0.6 is 0 Å². The number of halogens is 1. The van der Waals surface area contributed by atoms with Crippen molar-refractivity contribution < 1.29 is 9.18 Å². The highest BCUT2D eigenvalue weighted by atomic mass is 19.1. The molecule has 1 aromatic heterocycles. The van der Waals surface area contributed by atoms with E-state index in [0.717, 1.165) is 28.5 Å². The van der Waals surface area contributed by atoms with Gasteiger partial charge in [0.25, 0.3) is 0 Å². The molecule has 8 heteroatoms. The van der Waals surface area contributed by atoms with Gasteiger partial charge in [0.2, 0.25) is 5.91 Å². The van der Waals surface area contributed by atoms with Gasteiger partial charge in [0.05, 0.1) is 30.3 Å². The second kappa shape index (κ2) is 8.09. The second-order valence-corrected chi connectivity index (χ2v) is 8.58. The maximum absolute atomic E-state index is 13.5. The smallest absolute Gasteiger partial charge is 0.237 e. The van der Waals surface area contributed by atoms with Crippen molar-refractivity contribution in [3.8, 4) is 17.3 Å². The molecule has 164 valence electrons. The van der Waals surface area contributed by atoms with Crippen molar-refractivity contribution in [1.29, 1.82) is 5.26 Å². The lowest BCUT2D eigenvalue weighted by Gasteiger charge is -2.42. The van der Waals surface area contributed by atoms with Gasteiger partial charge in [-0.3, -0.25) is 4.79 Å². The van der Waals surface area contributed by atoms with Crippen LogP contribution in [0.5, 0.6) is 0 Å². The zero-order valence-corrected chi connectivity index (χ0v) is 18.3. The summed E-state index contributed by atoms with van der Waals surface area (Å²) in [4.78, 5) is 19.0. The van der Waals surface area contributed by atoms with Gasteiger partial charge >= 0.3 is 0 Å². The van der Waals surface area contributed by atoms with Crippen LogP contribution in [0.25, 0.3) is 11.3 Å². The number of nitrogens with one attached hydrogen (secondary N) is 1. The van der Waals surface area contributed by atoms with E-state index in [2.05, 4.69) is 16.0 Å². The van der Waals surface area contributed by atoms with Crippen LogP contribution in [0.15, 0.2) is 42.5 Å². The molecule has 0 spiro atoms. The van der Waals surface area contributed by atoms with Gasteiger partial charge in [-0.1, -0.05) is 0 Å². The molecule has 0 unspecified atom stereocenters. The van der Waals surface area contributed by atoms with E-state index in [0.29, 0.717) is 24.3 Å². The van der Waals surface area contributed by atoms with Crippen LogP contribution in [0.3, 0.4) is 0 Å². The third kappa shape index (κ3) is 3.83. The van der Waals surface area contributed by atoms with E-state index in [4.69, 9.17) is 10.7 Å². The summed E-state index contributed by atoms with van der Waals surface area (Å²) in [6.07, 6.45) is 0. The van der Waals surface area contributed by atoms with E-state index in [-0.39, 0.29) is 18.3 Å². The van der Waals surface area contributed by atoms with Crippen LogP contribution in [-0.4, -0.2) is 32.4 Å². The molecule has 32 heavy (non-hydrogen) atoms. The number of hydrogen-bond donors (Lipinski definition) is 2. The van der Waals surface area contributed by atoms with Gasteiger partial charge in [-0.2, -0.15) is 5.26 Å². The highest BCUT2D eigenvalue weighted by Gasteiger charge is 2.38. The molecule has 1 aliphatic rings. The average Bonchev–Trinajstić information content (AvgIpc) is 3.09. The summed E-state index contributed by atoms with van der Waals surface area (Å²) in [6, 6.07) is 13.9. The molecule has 1 aliphatic heterocycles. The highest BCUT2D eigenvalue weighted by molar-refractivity contribution is 5.80. The summed E-state index contributed by atoms with van der Waals surface area (Å²) < 4.78 is 15.6. The van der Waals surface area contributed by atoms with Gasteiger partial charge in [0.1, 0.15) is 23.2 Å². The lowest BCUT2D eigenvalue weighted by atomic mass is 9.99. The summed E-state index contributed by atoms with van der Waals surface area (Å²) in [5.41, 5.74) is 8.87. The van der Waals surface area contributed by atoms with Crippen molar-refractivity contribution in [3.05, 3.63) is 65.2 Å². The molecule has 0 aliphatic carbocycles. The lowest BCUT2D eigenvalue weighted by molar-refractivity contribution is -0.137. The first-order chi connectivity index (χ1) is 15.2. The van der Waals surface area contributed by atoms with E-state index in [1.165, 1.54) is 12.1 Å². The van der Waals surface area contributed by atoms with Crippen molar-refractivity contribution in [2.75, 3.05) is 11.9 Å². The molecule has 0 saturated carbocycles. The fraction of sp³-hybridized carbons (Fsp3) is 0.292. The number of anilines is 2. The van der Waals surface area contributed by atoms with E-state index in [9.17, 15) is 14.4 Å². The number of nitrogens with two attached hydrogens (primary N) is 1. The van der Waals surface area contributed by atoms with E-state index < -0.39 is 5.54 Å². The number of rotatable bonds is 4. The quantitative estimate of drug-likeness (QED) is 0.655. The molecule has 0 radical (unpaired) electrons. The molecule has 0 fully saturated rings. The second-order valence-electron chi connectivity index (χ2n) is 8.58. The minimum Gasteiger partial charge on any atom is -0.340 e. The molecular weight excluding hydrogens is 407 g/mol. The number of carbonyl (C=O) groups is 1. The minimum absolute atomic E-state index is 0.0649. The van der Waals surface area contributed by atoms with Crippen molar-refractivity contribution >= 4 is 17.4 Å². The Labute approximate surface area is 186 Å². The Hall–Kier alpha value is -3.70. The van der Waals surface area contributed by atoms with Gasteiger partial charge in [-0.05, 0) is 68.8 Å². The van der Waals surface area contributed by atoms with Gasteiger partial charge < -0.3 is 20.5 Å². The number of nitrogens with zero attached hydrogens (tertiary/aromatic N) is 4. The van der Waals surface area contributed by atoms with Crippen molar-refractivity contribution in [3.63, 3.8) is 0 Å². The topological polar surface area (TPSA) is 100.0 Å². The number of aromatic nitrogens is 2. The number of amides is 1. The Morgan fingerprint density at radius 1 is 1.28 bits per heavy atom. The van der Waals surface area contributed by atoms with Crippen LogP contribution in [0.2, 0.25) is 0 Å². The molecule has 2 aromatic carbocycles. The van der Waals surface area contributed by atoms with Gasteiger partial charge in [-0.25, -0.2) is 9.37 Å². The number of fused-ring (bicyclic) bond motifs is 1. The Bertz CT molecular complexity index is 1220. The summed E-state index contributed by atoms with van der Waals surface area (Å²) in [5, 5.41) is 12.7. The molecule has 0 saturated heterocycles. The lowest BCUT2D eigenvalue weighted by Crippen LogP contribution is -2.55. The van der Waals surface area contributed by atoms with E-state index in [1.807, 2.05) is 32.9 Å². The van der Waals surface area contributed by atoms with E-state index in [1.54, 1.807) is 23.1 Å². The molecule has 3 aromatic rings. The Kier molecular flexibility index (Phi) is 5.45.